The topological polar surface area (TPSA) is 21.3 Å². The van der Waals surface area contributed by atoms with Crippen molar-refractivity contribution in [3.05, 3.63) is 35.1 Å². The zero-order valence-corrected chi connectivity index (χ0v) is 10.8. The van der Waals surface area contributed by atoms with E-state index in [1.807, 2.05) is 0 Å². The van der Waals surface area contributed by atoms with Crippen LogP contribution >= 0.6 is 0 Å². The fourth-order valence-electron chi connectivity index (χ4n) is 2.84. The van der Waals surface area contributed by atoms with Crippen molar-refractivity contribution in [1.29, 1.82) is 0 Å². The predicted molar refractivity (Wildman–Crippen MR) is 64.5 cm³/mol. The average Bonchev–Trinajstić information content (AvgIpc) is 2.25. The number of benzene rings is 1. The summed E-state index contributed by atoms with van der Waals surface area (Å²) >= 11 is 0. The maximum atomic E-state index is 13.6. The lowest BCUT2D eigenvalue weighted by atomic mass is 9.63. The van der Waals surface area contributed by atoms with Crippen molar-refractivity contribution in [2.75, 3.05) is 13.1 Å². The molecule has 2 fully saturated rings. The summed E-state index contributed by atoms with van der Waals surface area (Å²) in [6.45, 7) is 2.03. The molecule has 1 spiro atoms. The van der Waals surface area contributed by atoms with Crippen LogP contribution in [0, 0.1) is 11.2 Å². The predicted octanol–water partition coefficient (Wildman–Crippen LogP) is 3.11. The van der Waals surface area contributed by atoms with E-state index in [4.69, 9.17) is 4.74 Å². The second-order valence-electron chi connectivity index (χ2n) is 5.75. The minimum Gasteiger partial charge on any atom is -0.373 e. The molecule has 1 saturated heterocycles. The Balaban J connectivity index is 1.55. The molecule has 2 aliphatic rings. The average molecular weight is 289 g/mol. The first-order valence-electron chi connectivity index (χ1n) is 6.56. The van der Waals surface area contributed by atoms with Gasteiger partial charge in [-0.15, -0.1) is 0 Å². The summed E-state index contributed by atoms with van der Waals surface area (Å²) in [7, 11) is 0. The van der Waals surface area contributed by atoms with Crippen LogP contribution in [0.1, 0.15) is 24.0 Å². The molecule has 1 aromatic carbocycles. The van der Waals surface area contributed by atoms with E-state index >= 15 is 0 Å². The normalized spacial score (nSPS) is 21.6. The Morgan fingerprint density at radius 2 is 1.95 bits per heavy atom. The van der Waals surface area contributed by atoms with Crippen molar-refractivity contribution in [3.63, 3.8) is 0 Å². The fraction of sp³-hybridized carbons (Fsp3) is 0.571. The lowest BCUT2D eigenvalue weighted by Crippen LogP contribution is -2.62. The fourth-order valence-corrected chi connectivity index (χ4v) is 2.84. The summed E-state index contributed by atoms with van der Waals surface area (Å²) in [5, 5.41) is 3.21. The summed E-state index contributed by atoms with van der Waals surface area (Å²) in [5.41, 5.74) is -0.434. The molecule has 1 aliphatic heterocycles. The van der Waals surface area contributed by atoms with Crippen molar-refractivity contribution in [2.24, 2.45) is 5.41 Å². The van der Waals surface area contributed by atoms with Crippen LogP contribution in [0.2, 0.25) is 0 Å². The van der Waals surface area contributed by atoms with E-state index in [1.54, 1.807) is 0 Å². The third kappa shape index (κ3) is 2.54. The van der Waals surface area contributed by atoms with Crippen LogP contribution < -0.4 is 5.32 Å². The molecule has 110 valence electrons. The molecule has 1 N–H and O–H groups in total. The van der Waals surface area contributed by atoms with E-state index in [0.717, 1.165) is 38.1 Å². The largest absolute Gasteiger partial charge is 0.416 e. The summed E-state index contributed by atoms with van der Waals surface area (Å²) in [5.74, 6) is -0.862. The molecule has 0 atom stereocenters. The molecule has 1 aliphatic carbocycles. The molecule has 0 aromatic heterocycles. The highest BCUT2D eigenvalue weighted by atomic mass is 19.4. The smallest absolute Gasteiger partial charge is 0.373 e. The van der Waals surface area contributed by atoms with Crippen LogP contribution in [0.5, 0.6) is 0 Å². The standard InChI is InChI=1S/C14H15F4NO/c15-12-3-10(14(16,17)18)2-1-9(12)6-20-11-4-13(5-11)7-19-8-13/h1-3,11,19H,4-8H2. The van der Waals surface area contributed by atoms with Crippen LogP contribution in [0.4, 0.5) is 17.6 Å². The first-order valence-corrected chi connectivity index (χ1v) is 6.56. The molecule has 1 aromatic rings. The molecule has 0 bridgehead atoms. The van der Waals surface area contributed by atoms with Gasteiger partial charge in [0.05, 0.1) is 18.3 Å². The number of nitrogens with one attached hydrogen (secondary N) is 1. The van der Waals surface area contributed by atoms with E-state index < -0.39 is 17.6 Å². The van der Waals surface area contributed by atoms with Gasteiger partial charge in [-0.2, -0.15) is 13.2 Å². The Hall–Kier alpha value is -1.14. The minimum absolute atomic E-state index is 0.0259. The van der Waals surface area contributed by atoms with Gasteiger partial charge >= 0.3 is 6.18 Å². The highest BCUT2D eigenvalue weighted by molar-refractivity contribution is 5.26. The van der Waals surface area contributed by atoms with Crippen LogP contribution in [-0.2, 0) is 17.5 Å². The molecule has 0 unspecified atom stereocenters. The third-order valence-corrected chi connectivity index (χ3v) is 4.18. The van der Waals surface area contributed by atoms with Crippen LogP contribution in [-0.4, -0.2) is 19.2 Å². The highest BCUT2D eigenvalue weighted by Crippen LogP contribution is 2.45. The van der Waals surface area contributed by atoms with Crippen molar-refractivity contribution < 1.29 is 22.3 Å². The molecule has 1 saturated carbocycles. The number of rotatable bonds is 3. The zero-order valence-electron chi connectivity index (χ0n) is 10.8. The van der Waals surface area contributed by atoms with Gasteiger partial charge < -0.3 is 10.1 Å². The molecular weight excluding hydrogens is 274 g/mol. The number of alkyl halides is 3. The van der Waals surface area contributed by atoms with E-state index in [9.17, 15) is 17.6 Å². The van der Waals surface area contributed by atoms with Gasteiger partial charge in [-0.25, -0.2) is 4.39 Å². The molecular formula is C14H15F4NO. The van der Waals surface area contributed by atoms with Gasteiger partial charge in [0, 0.05) is 24.1 Å². The van der Waals surface area contributed by atoms with E-state index in [-0.39, 0.29) is 18.3 Å². The Morgan fingerprint density at radius 3 is 2.45 bits per heavy atom. The highest BCUT2D eigenvalue weighted by Gasteiger charge is 2.48. The van der Waals surface area contributed by atoms with Crippen LogP contribution in [0.15, 0.2) is 18.2 Å². The van der Waals surface area contributed by atoms with Gasteiger partial charge in [0.1, 0.15) is 5.82 Å². The van der Waals surface area contributed by atoms with Crippen LogP contribution in [0.3, 0.4) is 0 Å². The minimum atomic E-state index is -4.52. The zero-order chi connectivity index (χ0) is 14.4. The Labute approximate surface area is 114 Å². The van der Waals surface area contributed by atoms with Gasteiger partial charge in [-0.3, -0.25) is 0 Å². The number of halogens is 4. The van der Waals surface area contributed by atoms with Crippen molar-refractivity contribution in [3.8, 4) is 0 Å². The van der Waals surface area contributed by atoms with Gasteiger partial charge in [-0.05, 0) is 25.0 Å². The quantitative estimate of drug-likeness (QED) is 0.863. The Morgan fingerprint density at radius 1 is 1.25 bits per heavy atom. The van der Waals surface area contributed by atoms with Gasteiger partial charge in [0.15, 0.2) is 0 Å². The summed E-state index contributed by atoms with van der Waals surface area (Å²) in [6.07, 6.45) is -2.53. The van der Waals surface area contributed by atoms with Crippen molar-refractivity contribution in [2.45, 2.75) is 31.7 Å². The number of ether oxygens (including phenoxy) is 1. The molecule has 2 nitrogen and oxygen atoms in total. The third-order valence-electron chi connectivity index (χ3n) is 4.18. The second-order valence-corrected chi connectivity index (χ2v) is 5.75. The number of hydrogen-bond donors (Lipinski definition) is 1. The first-order chi connectivity index (χ1) is 9.38. The maximum Gasteiger partial charge on any atom is 0.416 e. The number of hydrogen-bond acceptors (Lipinski definition) is 2. The SMILES string of the molecule is Fc1cc(C(F)(F)F)ccc1COC1CC2(CNC2)C1. The second kappa shape index (κ2) is 4.70. The molecule has 0 radical (unpaired) electrons. The Kier molecular flexibility index (Phi) is 3.25. The molecule has 3 rings (SSSR count). The van der Waals surface area contributed by atoms with E-state index in [0.29, 0.717) is 11.5 Å². The lowest BCUT2D eigenvalue weighted by Gasteiger charge is -2.54. The summed E-state index contributed by atoms with van der Waals surface area (Å²) < 4.78 is 56.4. The molecule has 6 heteroatoms. The van der Waals surface area contributed by atoms with E-state index in [2.05, 4.69) is 5.32 Å². The molecule has 0 amide bonds. The van der Waals surface area contributed by atoms with Gasteiger partial charge in [0.2, 0.25) is 0 Å². The van der Waals surface area contributed by atoms with Crippen molar-refractivity contribution >= 4 is 0 Å². The van der Waals surface area contributed by atoms with Crippen molar-refractivity contribution in [1.82, 2.24) is 5.32 Å². The van der Waals surface area contributed by atoms with Gasteiger partial charge in [-0.1, -0.05) is 6.07 Å². The Bertz CT molecular complexity index is 502. The summed E-state index contributed by atoms with van der Waals surface area (Å²) in [6, 6.07) is 2.56. The van der Waals surface area contributed by atoms with E-state index in [1.165, 1.54) is 0 Å². The lowest BCUT2D eigenvalue weighted by molar-refractivity contribution is -0.137. The molecule has 1 heterocycles. The van der Waals surface area contributed by atoms with Crippen LogP contribution in [0.25, 0.3) is 0 Å². The monoisotopic (exact) mass is 289 g/mol. The molecule has 20 heavy (non-hydrogen) atoms. The van der Waals surface area contributed by atoms with Gasteiger partial charge in [0.25, 0.3) is 0 Å². The summed E-state index contributed by atoms with van der Waals surface area (Å²) in [4.78, 5) is 0. The maximum absolute atomic E-state index is 13.6. The first kappa shape index (κ1) is 13.8.